The van der Waals surface area contributed by atoms with Crippen LogP contribution in [0.2, 0.25) is 5.02 Å². The van der Waals surface area contributed by atoms with Crippen LogP contribution in [0.3, 0.4) is 0 Å². The molecule has 3 rings (SSSR count). The third-order valence-electron chi connectivity index (χ3n) is 4.67. The minimum absolute atomic E-state index is 0.0317. The number of halogens is 1. The van der Waals surface area contributed by atoms with Gasteiger partial charge in [-0.05, 0) is 67.9 Å². The maximum atomic E-state index is 13.2. The number of carbonyl (C=O) groups is 2. The van der Waals surface area contributed by atoms with Gasteiger partial charge in [0.25, 0.3) is 11.8 Å². The molecule has 8 heteroatoms. The molecule has 0 aliphatic carbocycles. The molecule has 1 fully saturated rings. The molecule has 1 aliphatic rings. The summed E-state index contributed by atoms with van der Waals surface area (Å²) in [6.07, 6.45) is 2.31. The fourth-order valence-electron chi connectivity index (χ4n) is 3.13. The summed E-state index contributed by atoms with van der Waals surface area (Å²) < 4.78 is 11.2. The van der Waals surface area contributed by atoms with Gasteiger partial charge in [0.2, 0.25) is 0 Å². The molecule has 0 bridgehead atoms. The summed E-state index contributed by atoms with van der Waals surface area (Å²) >= 11 is 11.7. The summed E-state index contributed by atoms with van der Waals surface area (Å²) in [5.74, 6) is -0.137. The molecule has 1 saturated heterocycles. The quantitative estimate of drug-likeness (QED) is 0.375. The van der Waals surface area contributed by atoms with E-state index < -0.39 is 11.8 Å². The number of aryl methyl sites for hydroxylation is 1. The van der Waals surface area contributed by atoms with Gasteiger partial charge in [-0.15, -0.1) is 0 Å². The second kappa shape index (κ2) is 9.94. The van der Waals surface area contributed by atoms with Crippen molar-refractivity contribution in [3.63, 3.8) is 0 Å². The van der Waals surface area contributed by atoms with Crippen molar-refractivity contribution in [3.8, 4) is 11.5 Å². The Balaban J connectivity index is 2.02. The Labute approximate surface area is 191 Å². The van der Waals surface area contributed by atoms with Crippen LogP contribution in [0.25, 0.3) is 6.08 Å². The van der Waals surface area contributed by atoms with Crippen LogP contribution >= 0.6 is 23.8 Å². The second-order valence-electron chi connectivity index (χ2n) is 6.66. The van der Waals surface area contributed by atoms with Crippen molar-refractivity contribution in [1.82, 2.24) is 5.32 Å². The van der Waals surface area contributed by atoms with Crippen molar-refractivity contribution in [1.29, 1.82) is 0 Å². The van der Waals surface area contributed by atoms with Crippen molar-refractivity contribution in [2.24, 2.45) is 0 Å². The average Bonchev–Trinajstić information content (AvgIpc) is 2.74. The first-order chi connectivity index (χ1) is 14.9. The average molecular weight is 459 g/mol. The normalized spacial score (nSPS) is 15.3. The molecule has 2 aromatic carbocycles. The number of ether oxygens (including phenoxy) is 2. The van der Waals surface area contributed by atoms with Crippen LogP contribution in [0.4, 0.5) is 5.69 Å². The summed E-state index contributed by atoms with van der Waals surface area (Å²) in [5, 5.41) is 2.94. The Morgan fingerprint density at radius 3 is 2.23 bits per heavy atom. The Hall–Kier alpha value is -2.90. The third kappa shape index (κ3) is 4.89. The number of hydrogen-bond acceptors (Lipinski definition) is 5. The van der Waals surface area contributed by atoms with Gasteiger partial charge in [0.05, 0.1) is 23.9 Å². The van der Waals surface area contributed by atoms with Crippen LogP contribution in [0.15, 0.2) is 42.0 Å². The number of thiocarbonyl (C=S) groups is 1. The highest BCUT2D eigenvalue weighted by molar-refractivity contribution is 7.80. The number of nitrogens with zero attached hydrogens (tertiary/aromatic N) is 1. The Morgan fingerprint density at radius 1 is 1.03 bits per heavy atom. The van der Waals surface area contributed by atoms with Crippen LogP contribution in [-0.2, 0) is 16.0 Å². The van der Waals surface area contributed by atoms with Gasteiger partial charge in [-0.3, -0.25) is 19.8 Å². The van der Waals surface area contributed by atoms with Crippen molar-refractivity contribution in [2.45, 2.75) is 27.2 Å². The van der Waals surface area contributed by atoms with Gasteiger partial charge in [-0.25, -0.2) is 0 Å². The topological polar surface area (TPSA) is 67.9 Å². The lowest BCUT2D eigenvalue weighted by Crippen LogP contribution is -2.54. The minimum atomic E-state index is -0.584. The van der Waals surface area contributed by atoms with Crippen LogP contribution in [0.5, 0.6) is 11.5 Å². The Kier molecular flexibility index (Phi) is 7.30. The Morgan fingerprint density at radius 2 is 1.65 bits per heavy atom. The zero-order valence-electron chi connectivity index (χ0n) is 17.5. The molecule has 2 amide bonds. The van der Waals surface area contributed by atoms with Crippen molar-refractivity contribution < 1.29 is 19.1 Å². The summed E-state index contributed by atoms with van der Waals surface area (Å²) in [6, 6.07) is 10.7. The molecule has 0 aromatic heterocycles. The van der Waals surface area contributed by atoms with Gasteiger partial charge in [0.1, 0.15) is 5.57 Å². The van der Waals surface area contributed by atoms with Gasteiger partial charge >= 0.3 is 0 Å². The molecule has 0 unspecified atom stereocenters. The second-order valence-corrected chi connectivity index (χ2v) is 7.46. The van der Waals surface area contributed by atoms with E-state index in [-0.39, 0.29) is 10.7 Å². The summed E-state index contributed by atoms with van der Waals surface area (Å²) in [6.45, 7) is 6.62. The van der Waals surface area contributed by atoms with E-state index in [0.717, 1.165) is 12.0 Å². The zero-order valence-corrected chi connectivity index (χ0v) is 19.1. The molecule has 0 saturated carbocycles. The molecule has 0 atom stereocenters. The summed E-state index contributed by atoms with van der Waals surface area (Å²) in [4.78, 5) is 27.1. The zero-order chi connectivity index (χ0) is 22.5. The SMILES string of the molecule is CCOc1cc(Cl)c(C=C2C(=O)NC(=S)N(c3ccc(CC)cc3)C2=O)cc1OCC. The lowest BCUT2D eigenvalue weighted by Gasteiger charge is -2.29. The van der Waals surface area contributed by atoms with Crippen LogP contribution in [0, 0.1) is 0 Å². The van der Waals surface area contributed by atoms with E-state index in [4.69, 9.17) is 33.3 Å². The molecule has 162 valence electrons. The summed E-state index contributed by atoms with van der Waals surface area (Å²) in [7, 11) is 0. The predicted octanol–water partition coefficient (Wildman–Crippen LogP) is 4.53. The number of carbonyl (C=O) groups excluding carboxylic acids is 2. The molecule has 31 heavy (non-hydrogen) atoms. The molecule has 1 N–H and O–H groups in total. The van der Waals surface area contributed by atoms with Gasteiger partial charge in [-0.2, -0.15) is 0 Å². The largest absolute Gasteiger partial charge is 0.490 e. The number of hydrogen-bond donors (Lipinski definition) is 1. The van der Waals surface area contributed by atoms with E-state index in [1.807, 2.05) is 32.9 Å². The third-order valence-corrected chi connectivity index (χ3v) is 5.28. The first-order valence-corrected chi connectivity index (χ1v) is 10.8. The summed E-state index contributed by atoms with van der Waals surface area (Å²) in [5.41, 5.74) is 2.08. The first-order valence-electron chi connectivity index (χ1n) is 9.99. The van der Waals surface area contributed by atoms with Crippen LogP contribution in [0.1, 0.15) is 31.9 Å². The van der Waals surface area contributed by atoms with E-state index >= 15 is 0 Å². The highest BCUT2D eigenvalue weighted by atomic mass is 35.5. The maximum Gasteiger partial charge on any atom is 0.270 e. The van der Waals surface area contributed by atoms with E-state index in [2.05, 4.69) is 5.32 Å². The first kappa shape index (κ1) is 22.8. The molecule has 0 spiro atoms. The molecule has 1 aliphatic heterocycles. The fourth-order valence-corrected chi connectivity index (χ4v) is 3.62. The van der Waals surface area contributed by atoms with Gasteiger partial charge in [0, 0.05) is 6.07 Å². The number of benzene rings is 2. The molecule has 1 heterocycles. The standard InChI is InChI=1S/C23H23ClN2O4S/c1-4-14-7-9-16(10-8-14)26-22(28)17(21(27)25-23(26)31)11-15-12-19(29-5-2)20(30-6-3)13-18(15)24/h7-13H,4-6H2,1-3H3,(H,25,27,31). The molecule has 2 aromatic rings. The van der Waals surface area contributed by atoms with Crippen molar-refractivity contribution in [3.05, 3.63) is 58.1 Å². The molecular formula is C23H23ClN2O4S. The molecule has 6 nitrogen and oxygen atoms in total. The molecule has 0 radical (unpaired) electrons. The number of rotatable bonds is 7. The monoisotopic (exact) mass is 458 g/mol. The highest BCUT2D eigenvalue weighted by Crippen LogP contribution is 2.35. The Bertz CT molecular complexity index is 1050. The van der Waals surface area contributed by atoms with Crippen molar-refractivity contribution in [2.75, 3.05) is 18.1 Å². The lowest BCUT2D eigenvalue weighted by atomic mass is 10.1. The number of amides is 2. The number of nitrogens with one attached hydrogen (secondary N) is 1. The maximum absolute atomic E-state index is 13.2. The van der Waals surface area contributed by atoms with Crippen LogP contribution in [-0.4, -0.2) is 30.1 Å². The number of anilines is 1. The lowest BCUT2D eigenvalue weighted by molar-refractivity contribution is -0.122. The van der Waals surface area contributed by atoms with Crippen LogP contribution < -0.4 is 19.7 Å². The van der Waals surface area contributed by atoms with E-state index in [9.17, 15) is 9.59 Å². The highest BCUT2D eigenvalue weighted by Gasteiger charge is 2.34. The van der Waals surface area contributed by atoms with E-state index in [1.54, 1.807) is 24.3 Å². The van der Waals surface area contributed by atoms with Gasteiger partial charge in [0.15, 0.2) is 16.6 Å². The molecular weight excluding hydrogens is 436 g/mol. The fraction of sp³-hybridized carbons (Fsp3) is 0.261. The van der Waals surface area contributed by atoms with E-state index in [0.29, 0.717) is 41.0 Å². The van der Waals surface area contributed by atoms with Gasteiger partial charge < -0.3 is 9.47 Å². The minimum Gasteiger partial charge on any atom is -0.490 e. The predicted molar refractivity (Wildman–Crippen MR) is 126 cm³/mol. The van der Waals surface area contributed by atoms with Gasteiger partial charge in [-0.1, -0.05) is 30.7 Å². The smallest absolute Gasteiger partial charge is 0.270 e. The van der Waals surface area contributed by atoms with Crippen molar-refractivity contribution >= 4 is 52.5 Å². The van der Waals surface area contributed by atoms with E-state index in [1.165, 1.54) is 11.0 Å².